The van der Waals surface area contributed by atoms with Gasteiger partial charge in [-0.25, -0.2) is 0 Å². The molecule has 78 valence electrons. The Balaban J connectivity index is 3.05. The number of rotatable bonds is 3. The fraction of sp³-hybridized carbons (Fsp3) is 0.500. The molecule has 0 fully saturated rings. The summed E-state index contributed by atoms with van der Waals surface area (Å²) in [6.45, 7) is 6.63. The highest BCUT2D eigenvalue weighted by atomic mass is 35.5. The highest BCUT2D eigenvalue weighted by Gasteiger charge is 2.20. The van der Waals surface area contributed by atoms with Gasteiger partial charge in [0.15, 0.2) is 0 Å². The van der Waals surface area contributed by atoms with E-state index < -0.39 is 0 Å². The van der Waals surface area contributed by atoms with Crippen LogP contribution >= 0.6 is 23.2 Å². The number of hydrogen-bond donors (Lipinski definition) is 0. The van der Waals surface area contributed by atoms with Crippen LogP contribution in [0.4, 0.5) is 0 Å². The lowest BCUT2D eigenvalue weighted by Gasteiger charge is -2.25. The van der Waals surface area contributed by atoms with Crippen LogP contribution in [0.15, 0.2) is 18.2 Å². The van der Waals surface area contributed by atoms with Gasteiger partial charge in [-0.2, -0.15) is 0 Å². The molecule has 0 nitrogen and oxygen atoms in total. The minimum absolute atomic E-state index is 0.156. The van der Waals surface area contributed by atoms with E-state index in [9.17, 15) is 0 Å². The second-order valence-electron chi connectivity index (χ2n) is 4.29. The molecule has 2 heteroatoms. The zero-order valence-electron chi connectivity index (χ0n) is 8.90. The number of hydrogen-bond acceptors (Lipinski definition) is 0. The van der Waals surface area contributed by atoms with Gasteiger partial charge in [0.1, 0.15) is 0 Å². The molecule has 0 radical (unpaired) electrons. The van der Waals surface area contributed by atoms with Gasteiger partial charge in [-0.15, -0.1) is 0 Å². The molecule has 0 unspecified atom stereocenters. The molecule has 0 bridgehead atoms. The smallest absolute Gasteiger partial charge is 0.0423 e. The zero-order chi connectivity index (χ0) is 10.8. The Hall–Kier alpha value is -0.200. The predicted molar refractivity (Wildman–Crippen MR) is 64.4 cm³/mol. The van der Waals surface area contributed by atoms with Crippen LogP contribution in [0.5, 0.6) is 0 Å². The Kier molecular flexibility index (Phi) is 3.86. The Morgan fingerprint density at radius 3 is 2.00 bits per heavy atom. The molecular weight excluding hydrogens is 215 g/mol. The highest BCUT2D eigenvalue weighted by Crippen LogP contribution is 2.32. The number of benzene rings is 1. The van der Waals surface area contributed by atoms with Gasteiger partial charge in [-0.3, -0.25) is 0 Å². The normalized spacial score (nSPS) is 11.8. The Labute approximate surface area is 96.2 Å². The average Bonchev–Trinajstić information content (AvgIpc) is 2.02. The summed E-state index contributed by atoms with van der Waals surface area (Å²) in [6.07, 6.45) is 2.31. The molecule has 0 aromatic heterocycles. The monoisotopic (exact) mass is 230 g/mol. The second kappa shape index (κ2) is 4.55. The first-order valence-corrected chi connectivity index (χ1v) is 5.68. The van der Waals surface area contributed by atoms with E-state index in [1.54, 1.807) is 6.07 Å². The maximum absolute atomic E-state index is 5.97. The molecule has 1 aromatic rings. The molecule has 0 amide bonds. The van der Waals surface area contributed by atoms with Gasteiger partial charge >= 0.3 is 0 Å². The average molecular weight is 231 g/mol. The quantitative estimate of drug-likeness (QED) is 0.681. The van der Waals surface area contributed by atoms with Crippen LogP contribution in [-0.2, 0) is 5.41 Å². The third kappa shape index (κ3) is 2.90. The summed E-state index contributed by atoms with van der Waals surface area (Å²) < 4.78 is 0. The van der Waals surface area contributed by atoms with E-state index in [-0.39, 0.29) is 5.41 Å². The van der Waals surface area contributed by atoms with Crippen molar-refractivity contribution in [2.45, 2.75) is 39.0 Å². The lowest BCUT2D eigenvalue weighted by atomic mass is 9.81. The lowest BCUT2D eigenvalue weighted by Crippen LogP contribution is -2.16. The molecule has 0 aliphatic rings. The minimum Gasteiger partial charge on any atom is -0.0843 e. The summed E-state index contributed by atoms with van der Waals surface area (Å²) in [5.74, 6) is 0. The van der Waals surface area contributed by atoms with Gasteiger partial charge in [-0.05, 0) is 35.6 Å². The van der Waals surface area contributed by atoms with E-state index in [1.807, 2.05) is 12.1 Å². The first kappa shape index (κ1) is 11.9. The standard InChI is InChI=1S/C12H16Cl2/c1-4-5-12(2,3)9-6-10(13)8-11(14)7-9/h6-8H,4-5H2,1-3H3. The summed E-state index contributed by atoms with van der Waals surface area (Å²) >= 11 is 11.9. The van der Waals surface area contributed by atoms with Crippen molar-refractivity contribution in [2.24, 2.45) is 0 Å². The first-order chi connectivity index (χ1) is 6.45. The molecular formula is C12H16Cl2. The maximum atomic E-state index is 5.97. The van der Waals surface area contributed by atoms with Crippen molar-refractivity contribution in [3.8, 4) is 0 Å². The van der Waals surface area contributed by atoms with Gasteiger partial charge in [0.25, 0.3) is 0 Å². The predicted octanol–water partition coefficient (Wildman–Crippen LogP) is 5.07. The Morgan fingerprint density at radius 1 is 1.07 bits per heavy atom. The minimum atomic E-state index is 0.156. The topological polar surface area (TPSA) is 0 Å². The van der Waals surface area contributed by atoms with E-state index in [0.29, 0.717) is 0 Å². The van der Waals surface area contributed by atoms with Crippen molar-refractivity contribution < 1.29 is 0 Å². The van der Waals surface area contributed by atoms with E-state index in [1.165, 1.54) is 5.56 Å². The largest absolute Gasteiger partial charge is 0.0843 e. The van der Waals surface area contributed by atoms with Crippen LogP contribution in [0.3, 0.4) is 0 Å². The fourth-order valence-corrected chi connectivity index (χ4v) is 2.24. The summed E-state index contributed by atoms with van der Waals surface area (Å²) in [5, 5.41) is 1.44. The zero-order valence-corrected chi connectivity index (χ0v) is 10.4. The summed E-state index contributed by atoms with van der Waals surface area (Å²) in [6, 6.07) is 5.78. The molecule has 0 N–H and O–H groups in total. The molecule has 0 saturated heterocycles. The van der Waals surface area contributed by atoms with Gasteiger partial charge in [-0.1, -0.05) is 50.4 Å². The van der Waals surface area contributed by atoms with Crippen LogP contribution < -0.4 is 0 Å². The molecule has 0 saturated carbocycles. The SMILES string of the molecule is CCCC(C)(C)c1cc(Cl)cc(Cl)c1. The van der Waals surface area contributed by atoms with Crippen LogP contribution in [-0.4, -0.2) is 0 Å². The van der Waals surface area contributed by atoms with Crippen molar-refractivity contribution in [1.29, 1.82) is 0 Å². The highest BCUT2D eigenvalue weighted by molar-refractivity contribution is 6.34. The maximum Gasteiger partial charge on any atom is 0.0423 e. The third-order valence-electron chi connectivity index (χ3n) is 2.52. The first-order valence-electron chi connectivity index (χ1n) is 4.92. The Morgan fingerprint density at radius 2 is 1.57 bits per heavy atom. The van der Waals surface area contributed by atoms with Crippen LogP contribution in [0.1, 0.15) is 39.2 Å². The second-order valence-corrected chi connectivity index (χ2v) is 5.16. The summed E-state index contributed by atoms with van der Waals surface area (Å²) in [4.78, 5) is 0. The van der Waals surface area contributed by atoms with Crippen molar-refractivity contribution in [3.63, 3.8) is 0 Å². The van der Waals surface area contributed by atoms with Gasteiger partial charge in [0, 0.05) is 10.0 Å². The molecule has 0 aliphatic heterocycles. The molecule has 14 heavy (non-hydrogen) atoms. The Bertz CT molecular complexity index is 296. The van der Waals surface area contributed by atoms with Crippen LogP contribution in [0.2, 0.25) is 10.0 Å². The lowest BCUT2D eigenvalue weighted by molar-refractivity contribution is 0.473. The van der Waals surface area contributed by atoms with Gasteiger partial charge in [0.05, 0.1) is 0 Å². The van der Waals surface area contributed by atoms with E-state index in [0.717, 1.165) is 22.9 Å². The number of halogens is 2. The molecule has 0 atom stereocenters. The van der Waals surface area contributed by atoms with Gasteiger partial charge in [0.2, 0.25) is 0 Å². The molecule has 0 aliphatic carbocycles. The molecule has 0 spiro atoms. The van der Waals surface area contributed by atoms with Crippen molar-refractivity contribution in [2.75, 3.05) is 0 Å². The van der Waals surface area contributed by atoms with Crippen LogP contribution in [0.25, 0.3) is 0 Å². The van der Waals surface area contributed by atoms with Gasteiger partial charge < -0.3 is 0 Å². The van der Waals surface area contributed by atoms with E-state index >= 15 is 0 Å². The van der Waals surface area contributed by atoms with Crippen molar-refractivity contribution in [1.82, 2.24) is 0 Å². The molecule has 0 heterocycles. The molecule has 1 rings (SSSR count). The van der Waals surface area contributed by atoms with Crippen LogP contribution in [0, 0.1) is 0 Å². The third-order valence-corrected chi connectivity index (χ3v) is 2.96. The fourth-order valence-electron chi connectivity index (χ4n) is 1.71. The van der Waals surface area contributed by atoms with Crippen molar-refractivity contribution >= 4 is 23.2 Å². The molecule has 1 aromatic carbocycles. The van der Waals surface area contributed by atoms with E-state index in [2.05, 4.69) is 20.8 Å². The summed E-state index contributed by atoms with van der Waals surface area (Å²) in [7, 11) is 0. The van der Waals surface area contributed by atoms with E-state index in [4.69, 9.17) is 23.2 Å². The summed E-state index contributed by atoms with van der Waals surface area (Å²) in [5.41, 5.74) is 1.38. The van der Waals surface area contributed by atoms with Crippen molar-refractivity contribution in [3.05, 3.63) is 33.8 Å².